The molecule has 2 unspecified atom stereocenters. The van der Waals surface area contributed by atoms with Crippen LogP contribution in [-0.2, 0) is 14.2 Å². The number of Topliss-reactive ketones (excluding diaryl/α,β-unsaturated/α-hetero) is 2. The largest absolute Gasteiger partial charge is 0.466 e. The Morgan fingerprint density at radius 3 is 1.13 bits per heavy atom. The average Bonchev–Trinajstić information content (AvgIpc) is 2.99. The lowest BCUT2D eigenvalue weighted by Crippen LogP contribution is -2.46. The average molecular weight is 662 g/mol. The van der Waals surface area contributed by atoms with Gasteiger partial charge in [0.25, 0.3) is 0 Å². The summed E-state index contributed by atoms with van der Waals surface area (Å²) in [5.74, 6) is -0.447. The molecule has 0 spiro atoms. The SMILES string of the molecule is CCCCCCCC/C=C\CCCCCCCC(=O)C(N)C(O)C(=O)CCCCCCCCCCCCCCC.O=P(O)(O)O. The van der Waals surface area contributed by atoms with Crippen molar-refractivity contribution < 1.29 is 33.9 Å². The molecule has 0 aliphatic heterocycles. The third-order valence-electron chi connectivity index (χ3n) is 8.25. The minimum atomic E-state index is -4.64. The highest BCUT2D eigenvalue weighted by Gasteiger charge is 2.27. The van der Waals surface area contributed by atoms with Gasteiger partial charge in [0.1, 0.15) is 6.10 Å². The molecule has 0 heterocycles. The van der Waals surface area contributed by atoms with Crippen molar-refractivity contribution in [3.8, 4) is 0 Å². The van der Waals surface area contributed by atoms with Gasteiger partial charge in [0.15, 0.2) is 11.6 Å². The highest BCUT2D eigenvalue weighted by atomic mass is 31.2. The molecule has 0 fully saturated rings. The first kappa shape index (κ1) is 46.2. The lowest BCUT2D eigenvalue weighted by Gasteiger charge is -2.16. The molecular formula is C36H72NO7P. The first-order chi connectivity index (χ1) is 21.5. The maximum absolute atomic E-state index is 12.4. The molecule has 2 atom stereocenters. The molecule has 6 N–H and O–H groups in total. The van der Waals surface area contributed by atoms with E-state index in [0.29, 0.717) is 12.8 Å². The number of hydrogen-bond acceptors (Lipinski definition) is 5. The Bertz CT molecular complexity index is 733. The Morgan fingerprint density at radius 2 is 0.800 bits per heavy atom. The van der Waals surface area contributed by atoms with Gasteiger partial charge in [-0.2, -0.15) is 0 Å². The number of carbonyl (C=O) groups is 2. The van der Waals surface area contributed by atoms with E-state index in [0.717, 1.165) is 44.9 Å². The van der Waals surface area contributed by atoms with Crippen molar-refractivity contribution in [2.24, 2.45) is 5.73 Å². The van der Waals surface area contributed by atoms with Crippen molar-refractivity contribution in [1.29, 1.82) is 0 Å². The molecule has 0 radical (unpaired) electrons. The van der Waals surface area contributed by atoms with E-state index in [1.165, 1.54) is 122 Å². The molecule has 9 heteroatoms. The van der Waals surface area contributed by atoms with Crippen LogP contribution in [0.25, 0.3) is 0 Å². The van der Waals surface area contributed by atoms with Gasteiger partial charge in [-0.15, -0.1) is 0 Å². The molecule has 8 nitrogen and oxygen atoms in total. The molecule has 0 saturated carbocycles. The molecule has 0 bridgehead atoms. The zero-order chi connectivity index (χ0) is 34.0. The molecule has 0 aromatic carbocycles. The number of phosphoric acid groups is 1. The quantitative estimate of drug-likeness (QED) is 0.0271. The lowest BCUT2D eigenvalue weighted by molar-refractivity contribution is -0.134. The van der Waals surface area contributed by atoms with Gasteiger partial charge >= 0.3 is 7.82 Å². The molecule has 268 valence electrons. The Hall–Kier alpha value is -0.890. The monoisotopic (exact) mass is 662 g/mol. The Labute approximate surface area is 276 Å². The van der Waals surface area contributed by atoms with Crippen LogP contribution in [0.4, 0.5) is 0 Å². The fraction of sp³-hybridized carbons (Fsp3) is 0.889. The summed E-state index contributed by atoms with van der Waals surface area (Å²) in [6.07, 6.45) is 36.1. The number of carbonyl (C=O) groups excluding carboxylic acids is 2. The summed E-state index contributed by atoms with van der Waals surface area (Å²) in [5.41, 5.74) is 5.94. The van der Waals surface area contributed by atoms with Crippen molar-refractivity contribution in [2.75, 3.05) is 0 Å². The zero-order valence-electron chi connectivity index (χ0n) is 29.1. The fourth-order valence-electron chi connectivity index (χ4n) is 5.38. The third kappa shape index (κ3) is 39.2. The van der Waals surface area contributed by atoms with Crippen LogP contribution in [0.2, 0.25) is 0 Å². The van der Waals surface area contributed by atoms with E-state index in [4.69, 9.17) is 25.0 Å². The number of aliphatic hydroxyl groups excluding tert-OH is 1. The molecule has 45 heavy (non-hydrogen) atoms. The second-order valence-corrected chi connectivity index (χ2v) is 13.8. The second-order valence-electron chi connectivity index (χ2n) is 12.7. The summed E-state index contributed by atoms with van der Waals surface area (Å²) in [6.45, 7) is 4.52. The molecule has 0 saturated heterocycles. The van der Waals surface area contributed by atoms with Crippen LogP contribution in [0, 0.1) is 0 Å². The minimum absolute atomic E-state index is 0.177. The number of ketones is 2. The van der Waals surface area contributed by atoms with Crippen molar-refractivity contribution in [1.82, 2.24) is 0 Å². The van der Waals surface area contributed by atoms with Gasteiger partial charge in [0, 0.05) is 12.8 Å². The summed E-state index contributed by atoms with van der Waals surface area (Å²) in [7, 11) is -4.64. The molecule has 0 aromatic heterocycles. The van der Waals surface area contributed by atoms with Crippen LogP contribution in [0.3, 0.4) is 0 Å². The summed E-state index contributed by atoms with van der Waals surface area (Å²) in [4.78, 5) is 46.2. The Morgan fingerprint density at radius 1 is 0.533 bits per heavy atom. The predicted octanol–water partition coefficient (Wildman–Crippen LogP) is 9.40. The number of rotatable bonds is 32. The number of nitrogens with two attached hydrogens (primary N) is 1. The molecule has 0 amide bonds. The molecule has 0 rings (SSSR count). The summed E-state index contributed by atoms with van der Waals surface area (Å²) < 4.78 is 8.88. The fourth-order valence-corrected chi connectivity index (χ4v) is 5.38. The smallest absolute Gasteiger partial charge is 0.383 e. The van der Waals surface area contributed by atoms with E-state index in [1.807, 2.05) is 0 Å². The van der Waals surface area contributed by atoms with Gasteiger partial charge in [-0.25, -0.2) is 4.57 Å². The van der Waals surface area contributed by atoms with Crippen LogP contribution in [-0.4, -0.2) is 43.5 Å². The molecule has 0 aliphatic rings. The summed E-state index contributed by atoms with van der Waals surface area (Å²) >= 11 is 0. The minimum Gasteiger partial charge on any atom is -0.383 e. The summed E-state index contributed by atoms with van der Waals surface area (Å²) in [5, 5.41) is 10.3. The van der Waals surface area contributed by atoms with Gasteiger partial charge in [0.2, 0.25) is 0 Å². The van der Waals surface area contributed by atoms with Gasteiger partial charge < -0.3 is 25.5 Å². The zero-order valence-corrected chi connectivity index (χ0v) is 30.0. The van der Waals surface area contributed by atoms with E-state index in [-0.39, 0.29) is 11.6 Å². The van der Waals surface area contributed by atoms with Crippen molar-refractivity contribution in [2.45, 2.75) is 206 Å². The van der Waals surface area contributed by atoms with Crippen molar-refractivity contribution >= 4 is 19.4 Å². The first-order valence-electron chi connectivity index (χ1n) is 18.5. The number of unbranched alkanes of at least 4 members (excludes halogenated alkanes) is 23. The predicted molar refractivity (Wildman–Crippen MR) is 188 cm³/mol. The highest BCUT2D eigenvalue weighted by molar-refractivity contribution is 7.45. The van der Waals surface area contributed by atoms with Crippen LogP contribution >= 0.6 is 7.82 Å². The van der Waals surface area contributed by atoms with Crippen LogP contribution < -0.4 is 5.73 Å². The van der Waals surface area contributed by atoms with Gasteiger partial charge in [-0.1, -0.05) is 154 Å². The number of allylic oxidation sites excluding steroid dienone is 2. The van der Waals surface area contributed by atoms with Crippen LogP contribution in [0.5, 0.6) is 0 Å². The van der Waals surface area contributed by atoms with Crippen molar-refractivity contribution in [3.05, 3.63) is 12.2 Å². The van der Waals surface area contributed by atoms with Gasteiger partial charge in [-0.3, -0.25) is 9.59 Å². The van der Waals surface area contributed by atoms with Crippen molar-refractivity contribution in [3.63, 3.8) is 0 Å². The molecule has 0 aliphatic carbocycles. The third-order valence-corrected chi connectivity index (χ3v) is 8.25. The lowest BCUT2D eigenvalue weighted by atomic mass is 9.96. The molecular weight excluding hydrogens is 589 g/mol. The van der Waals surface area contributed by atoms with E-state index < -0.39 is 20.0 Å². The van der Waals surface area contributed by atoms with E-state index in [9.17, 15) is 14.7 Å². The maximum Gasteiger partial charge on any atom is 0.466 e. The van der Waals surface area contributed by atoms with Gasteiger partial charge in [-0.05, 0) is 38.5 Å². The van der Waals surface area contributed by atoms with E-state index in [1.54, 1.807) is 0 Å². The van der Waals surface area contributed by atoms with E-state index >= 15 is 0 Å². The second kappa shape index (κ2) is 34.4. The number of hydrogen-bond donors (Lipinski definition) is 5. The van der Waals surface area contributed by atoms with Crippen LogP contribution in [0.15, 0.2) is 12.2 Å². The standard InChI is InChI=1S/C36H69NO3.H3O4P/c1-3-5-7-9-11-13-15-17-18-20-21-23-25-27-29-31-33(38)35(37)36(40)34(39)32-30-28-26-24-22-19-16-14-12-10-8-6-4-2;1-5(2,3)4/h17-18,35-36,40H,3-16,19-32,37H2,1-2H3;(H3,1,2,3,4)/b18-17-;. The Balaban J connectivity index is 0. The highest BCUT2D eigenvalue weighted by Crippen LogP contribution is 2.25. The topological polar surface area (TPSA) is 158 Å². The normalized spacial score (nSPS) is 13.0. The Kier molecular flexibility index (Phi) is 35.4. The summed E-state index contributed by atoms with van der Waals surface area (Å²) in [6, 6.07) is -1.06. The van der Waals surface area contributed by atoms with Crippen LogP contribution in [0.1, 0.15) is 194 Å². The first-order valence-corrected chi connectivity index (χ1v) is 20.0. The van der Waals surface area contributed by atoms with Gasteiger partial charge in [0.05, 0.1) is 6.04 Å². The number of aliphatic hydroxyl groups is 1. The van der Waals surface area contributed by atoms with E-state index in [2.05, 4.69) is 26.0 Å². The molecule has 0 aromatic rings. The maximum atomic E-state index is 12.4.